The van der Waals surface area contributed by atoms with Crippen molar-refractivity contribution in [3.8, 4) is 0 Å². The molecule has 1 aliphatic heterocycles. The monoisotopic (exact) mass is 554 g/mol. The largest absolute Gasteiger partial charge is 0.466 e. The fourth-order valence-corrected chi connectivity index (χ4v) is 3.22. The highest BCUT2D eigenvalue weighted by Crippen LogP contribution is 2.08. The fraction of sp³-hybridized carbons (Fsp3) is 0.320. The molecule has 0 bridgehead atoms. The Morgan fingerprint density at radius 3 is 2.40 bits per heavy atom. The minimum Gasteiger partial charge on any atom is -0.466 e. The standard InChI is InChI=1S/C15H21N5O4.C10H13N5O/c1-10(15(23)24-4)7-11(8-16-2)18-14(22)13-19-12(17-9-21)5-6-20(13)3;1-7-12-8(6-15(7)3)13-10(16)9-11-4-5-14(9)2/h5,7-9,16H,6H2,1-4H3,(H,17,21)(H,18,22);4-6H,1-3H3,(H,13,16)/b10-7+,11-8+;. The number of aliphatic imine (C=N–C) groups is 1. The van der Waals surface area contributed by atoms with E-state index in [0.29, 0.717) is 41.7 Å². The first kappa shape index (κ1) is 31.0. The summed E-state index contributed by atoms with van der Waals surface area (Å²) in [4.78, 5) is 60.0. The Morgan fingerprint density at radius 1 is 1.12 bits per heavy atom. The van der Waals surface area contributed by atoms with Gasteiger partial charge in [-0.3, -0.25) is 14.4 Å². The molecular formula is C25H34N10O5. The van der Waals surface area contributed by atoms with Crippen LogP contribution in [0.5, 0.6) is 0 Å². The van der Waals surface area contributed by atoms with Gasteiger partial charge in [0.15, 0.2) is 17.5 Å². The zero-order valence-electron chi connectivity index (χ0n) is 23.5. The van der Waals surface area contributed by atoms with Gasteiger partial charge in [-0.05, 0) is 26.0 Å². The third kappa shape index (κ3) is 8.68. The summed E-state index contributed by atoms with van der Waals surface area (Å²) in [7, 11) is 8.28. The number of aromatic nitrogens is 4. The molecule has 0 aliphatic carbocycles. The number of rotatable bonds is 9. The number of aryl methyl sites for hydroxylation is 3. The predicted molar refractivity (Wildman–Crippen MR) is 148 cm³/mol. The summed E-state index contributed by atoms with van der Waals surface area (Å²) in [6.45, 7) is 3.86. The average Bonchev–Trinajstić information content (AvgIpc) is 3.48. The second-order valence-electron chi connectivity index (χ2n) is 8.43. The van der Waals surface area contributed by atoms with Crippen LogP contribution in [0.2, 0.25) is 0 Å². The van der Waals surface area contributed by atoms with Gasteiger partial charge in [0.2, 0.25) is 6.41 Å². The van der Waals surface area contributed by atoms with Gasteiger partial charge in [0.25, 0.3) is 11.8 Å². The van der Waals surface area contributed by atoms with E-state index >= 15 is 0 Å². The van der Waals surface area contributed by atoms with Crippen molar-refractivity contribution in [2.75, 3.05) is 33.1 Å². The molecule has 4 N–H and O–H groups in total. The molecule has 3 rings (SSSR count). The lowest BCUT2D eigenvalue weighted by Gasteiger charge is -2.23. The van der Waals surface area contributed by atoms with E-state index in [9.17, 15) is 19.2 Å². The van der Waals surface area contributed by atoms with Crippen molar-refractivity contribution >= 4 is 35.8 Å². The van der Waals surface area contributed by atoms with Crippen molar-refractivity contribution in [2.24, 2.45) is 19.1 Å². The lowest BCUT2D eigenvalue weighted by atomic mass is 10.2. The van der Waals surface area contributed by atoms with E-state index in [4.69, 9.17) is 0 Å². The molecule has 15 nitrogen and oxygen atoms in total. The van der Waals surface area contributed by atoms with Gasteiger partial charge < -0.3 is 40.0 Å². The molecule has 40 heavy (non-hydrogen) atoms. The van der Waals surface area contributed by atoms with Crippen molar-refractivity contribution in [1.82, 2.24) is 40.0 Å². The van der Waals surface area contributed by atoms with Crippen LogP contribution in [0.25, 0.3) is 0 Å². The van der Waals surface area contributed by atoms with Crippen molar-refractivity contribution in [3.63, 3.8) is 0 Å². The van der Waals surface area contributed by atoms with E-state index in [1.807, 2.05) is 18.5 Å². The van der Waals surface area contributed by atoms with Gasteiger partial charge in [0.1, 0.15) is 11.6 Å². The van der Waals surface area contributed by atoms with Crippen LogP contribution in [0.4, 0.5) is 5.82 Å². The molecular weight excluding hydrogens is 520 g/mol. The van der Waals surface area contributed by atoms with Gasteiger partial charge in [-0.15, -0.1) is 0 Å². The highest BCUT2D eigenvalue weighted by atomic mass is 16.5. The molecule has 0 radical (unpaired) electrons. The molecule has 214 valence electrons. The molecule has 0 atom stereocenters. The third-order valence-electron chi connectivity index (χ3n) is 5.37. The second kappa shape index (κ2) is 14.7. The van der Waals surface area contributed by atoms with Crippen LogP contribution in [-0.2, 0) is 33.2 Å². The van der Waals surface area contributed by atoms with Crippen LogP contribution in [0, 0.1) is 6.92 Å². The van der Waals surface area contributed by atoms with Gasteiger partial charge >= 0.3 is 5.97 Å². The number of imidazole rings is 2. The number of nitrogens with zero attached hydrogens (tertiary/aromatic N) is 6. The van der Waals surface area contributed by atoms with E-state index in [0.717, 1.165) is 5.82 Å². The van der Waals surface area contributed by atoms with E-state index in [1.54, 1.807) is 62.2 Å². The van der Waals surface area contributed by atoms with Gasteiger partial charge in [0, 0.05) is 65.1 Å². The maximum Gasteiger partial charge on any atom is 0.333 e. The highest BCUT2D eigenvalue weighted by molar-refractivity contribution is 6.38. The number of nitrogens with one attached hydrogen (secondary N) is 4. The SMILES string of the molecule is CN/C=C(\C=C(/C)C(=O)OC)NC(=O)C1=NC(NC=O)=CCN1C.Cc1nc(NC(=O)c2nccn2C)cn1C. The number of amidine groups is 1. The van der Waals surface area contributed by atoms with E-state index in [2.05, 4.69) is 41.0 Å². The number of hydrogen-bond acceptors (Lipinski definition) is 10. The Bertz CT molecular complexity index is 1350. The van der Waals surface area contributed by atoms with Gasteiger partial charge in [0.05, 0.1) is 12.8 Å². The molecule has 0 saturated heterocycles. The Kier molecular flexibility index (Phi) is 11.4. The number of allylic oxidation sites excluding steroid dienone is 1. The maximum atomic E-state index is 12.4. The Balaban J connectivity index is 0.000000302. The number of amides is 3. The summed E-state index contributed by atoms with van der Waals surface area (Å²) in [5, 5.41) is 10.5. The van der Waals surface area contributed by atoms with Crippen LogP contribution >= 0.6 is 0 Å². The summed E-state index contributed by atoms with van der Waals surface area (Å²) >= 11 is 0. The Labute approximate surface area is 231 Å². The molecule has 3 heterocycles. The Hall–Kier alpha value is -5.21. The predicted octanol–water partition coefficient (Wildman–Crippen LogP) is -0.0717. The number of ether oxygens (including phenoxy) is 1. The maximum absolute atomic E-state index is 12.4. The van der Waals surface area contributed by atoms with Gasteiger partial charge in [-0.1, -0.05) is 0 Å². The topological polar surface area (TPSA) is 177 Å². The third-order valence-corrected chi connectivity index (χ3v) is 5.37. The molecule has 0 unspecified atom stereocenters. The summed E-state index contributed by atoms with van der Waals surface area (Å²) in [5.74, 6) is 0.934. The first-order chi connectivity index (χ1) is 19.0. The smallest absolute Gasteiger partial charge is 0.333 e. The second-order valence-corrected chi connectivity index (χ2v) is 8.43. The number of likely N-dealkylation sites (N-methyl/N-ethyl adjacent to an activating group) is 1. The summed E-state index contributed by atoms with van der Waals surface area (Å²) in [6, 6.07) is 0. The molecule has 15 heteroatoms. The molecule has 2 aromatic rings. The van der Waals surface area contributed by atoms with Crippen LogP contribution in [0.15, 0.2) is 59.0 Å². The molecule has 2 aromatic heterocycles. The van der Waals surface area contributed by atoms with Crippen LogP contribution in [0.1, 0.15) is 23.4 Å². The molecule has 0 aromatic carbocycles. The highest BCUT2D eigenvalue weighted by Gasteiger charge is 2.21. The number of anilines is 1. The molecule has 0 spiro atoms. The van der Waals surface area contributed by atoms with Crippen molar-refractivity contribution in [3.05, 3.63) is 65.7 Å². The fourth-order valence-electron chi connectivity index (χ4n) is 3.22. The van der Waals surface area contributed by atoms with Crippen molar-refractivity contribution in [2.45, 2.75) is 13.8 Å². The summed E-state index contributed by atoms with van der Waals surface area (Å²) in [5.41, 5.74) is 0.683. The Morgan fingerprint density at radius 2 is 1.85 bits per heavy atom. The van der Waals surface area contributed by atoms with E-state index in [1.165, 1.54) is 19.4 Å². The minimum absolute atomic E-state index is 0.132. The first-order valence-electron chi connectivity index (χ1n) is 11.9. The van der Waals surface area contributed by atoms with Crippen molar-refractivity contribution < 1.29 is 23.9 Å². The zero-order valence-corrected chi connectivity index (χ0v) is 23.5. The average molecular weight is 555 g/mol. The van der Waals surface area contributed by atoms with Gasteiger partial charge in [-0.2, -0.15) is 0 Å². The number of methoxy groups -OCH3 is 1. The van der Waals surface area contributed by atoms with E-state index in [-0.39, 0.29) is 11.7 Å². The van der Waals surface area contributed by atoms with E-state index < -0.39 is 11.9 Å². The zero-order chi connectivity index (χ0) is 29.8. The minimum atomic E-state index is -0.501. The van der Waals surface area contributed by atoms with Crippen LogP contribution in [0.3, 0.4) is 0 Å². The van der Waals surface area contributed by atoms with Crippen LogP contribution in [-0.4, -0.2) is 81.8 Å². The van der Waals surface area contributed by atoms with Crippen molar-refractivity contribution in [1.29, 1.82) is 0 Å². The van der Waals surface area contributed by atoms with Gasteiger partial charge in [-0.25, -0.2) is 19.8 Å². The molecule has 0 saturated carbocycles. The molecule has 3 amide bonds. The first-order valence-corrected chi connectivity index (χ1v) is 11.9. The number of carbonyl (C=O) groups is 4. The lowest BCUT2D eigenvalue weighted by Crippen LogP contribution is -2.43. The number of carbonyl (C=O) groups excluding carboxylic acids is 4. The number of hydrogen-bond donors (Lipinski definition) is 4. The summed E-state index contributed by atoms with van der Waals surface area (Å²) in [6.07, 6.45) is 10.2. The molecule has 0 fully saturated rings. The lowest BCUT2D eigenvalue weighted by molar-refractivity contribution is -0.136. The van der Waals surface area contributed by atoms with Crippen LogP contribution < -0.4 is 21.3 Å². The molecule has 1 aliphatic rings. The quantitative estimate of drug-likeness (QED) is 0.143. The number of esters is 1. The summed E-state index contributed by atoms with van der Waals surface area (Å²) < 4.78 is 8.12. The normalized spacial score (nSPS) is 13.2.